The van der Waals surface area contributed by atoms with Crippen molar-refractivity contribution >= 4 is 23.9 Å². The van der Waals surface area contributed by atoms with Crippen LogP contribution in [0.5, 0.6) is 0 Å². The molecule has 0 aliphatic rings. The summed E-state index contributed by atoms with van der Waals surface area (Å²) in [5, 5.41) is 4.40. The second-order valence-electron chi connectivity index (χ2n) is 6.37. The number of carbonyl (C=O) groups excluding carboxylic acids is 1. The first-order valence-electron chi connectivity index (χ1n) is 8.84. The number of nitrogens with zero attached hydrogens (tertiary/aromatic N) is 4. The predicted molar refractivity (Wildman–Crippen MR) is 109 cm³/mol. The van der Waals surface area contributed by atoms with Gasteiger partial charge in [-0.15, -0.1) is 0 Å². The largest absolute Gasteiger partial charge is 0.416 e. The number of aryl methyl sites for hydroxylation is 2. The fourth-order valence-corrected chi connectivity index (χ4v) is 3.40. The average Bonchev–Trinajstić information content (AvgIpc) is 3.14. The predicted octanol–water partition coefficient (Wildman–Crippen LogP) is 4.15. The molecule has 3 aromatic rings. The lowest BCUT2D eigenvalue weighted by molar-refractivity contribution is -0.137. The van der Waals surface area contributed by atoms with Crippen LogP contribution >= 0.6 is 11.8 Å². The molecule has 0 aliphatic heterocycles. The molecule has 0 radical (unpaired) electrons. The molecule has 0 aliphatic carbocycles. The first kappa shape index (κ1) is 21.6. The Morgan fingerprint density at radius 1 is 1.17 bits per heavy atom. The first-order valence-corrected chi connectivity index (χ1v) is 9.83. The highest BCUT2D eigenvalue weighted by Gasteiger charge is 2.30. The van der Waals surface area contributed by atoms with Crippen molar-refractivity contribution in [2.45, 2.75) is 25.2 Å². The zero-order valence-corrected chi connectivity index (χ0v) is 17.0. The van der Waals surface area contributed by atoms with Crippen molar-refractivity contribution in [1.82, 2.24) is 20.0 Å². The number of hydrogen-bond donors (Lipinski definition) is 1. The second-order valence-corrected chi connectivity index (χ2v) is 7.31. The Morgan fingerprint density at radius 3 is 2.60 bits per heavy atom. The highest BCUT2D eigenvalue weighted by molar-refractivity contribution is 7.99. The Hall–Kier alpha value is -3.14. The summed E-state index contributed by atoms with van der Waals surface area (Å²) in [7, 11) is 0. The monoisotopic (exact) mass is 433 g/mol. The van der Waals surface area contributed by atoms with Gasteiger partial charge in [0.1, 0.15) is 0 Å². The normalized spacial score (nSPS) is 11.8. The fraction of sp³-hybridized carbons (Fsp3) is 0.200. The third-order valence-electron chi connectivity index (χ3n) is 3.91. The number of halogens is 3. The highest BCUT2D eigenvalue weighted by atomic mass is 32.2. The number of alkyl halides is 3. The topological polar surface area (TPSA) is 72.2 Å². The van der Waals surface area contributed by atoms with E-state index in [1.165, 1.54) is 24.0 Å². The van der Waals surface area contributed by atoms with Gasteiger partial charge in [-0.05, 0) is 50.2 Å². The number of thioether (sulfide) groups is 1. The van der Waals surface area contributed by atoms with E-state index in [-0.39, 0.29) is 11.7 Å². The minimum absolute atomic E-state index is 0.0782. The number of amides is 1. The van der Waals surface area contributed by atoms with Crippen molar-refractivity contribution in [2.75, 3.05) is 5.75 Å². The van der Waals surface area contributed by atoms with Crippen molar-refractivity contribution in [3.05, 3.63) is 71.3 Å². The third kappa shape index (κ3) is 5.69. The number of aromatic nitrogens is 3. The first-order chi connectivity index (χ1) is 14.2. The summed E-state index contributed by atoms with van der Waals surface area (Å²) >= 11 is 1.19. The van der Waals surface area contributed by atoms with Gasteiger partial charge in [0.15, 0.2) is 5.16 Å². The maximum Gasteiger partial charge on any atom is 0.416 e. The van der Waals surface area contributed by atoms with Gasteiger partial charge in [-0.25, -0.2) is 15.4 Å². The maximum absolute atomic E-state index is 12.9. The van der Waals surface area contributed by atoms with Gasteiger partial charge in [0, 0.05) is 23.3 Å². The van der Waals surface area contributed by atoms with Gasteiger partial charge in [-0.1, -0.05) is 17.8 Å². The number of benzene rings is 1. The van der Waals surface area contributed by atoms with Crippen LogP contribution < -0.4 is 5.43 Å². The minimum atomic E-state index is -4.43. The molecule has 6 nitrogen and oxygen atoms in total. The average molecular weight is 433 g/mol. The van der Waals surface area contributed by atoms with E-state index in [0.29, 0.717) is 16.5 Å². The molecule has 0 saturated carbocycles. The zero-order valence-electron chi connectivity index (χ0n) is 16.1. The van der Waals surface area contributed by atoms with E-state index >= 15 is 0 Å². The number of carbonyl (C=O) groups is 1. The Kier molecular flexibility index (Phi) is 6.56. The van der Waals surface area contributed by atoms with Crippen LogP contribution in [0.4, 0.5) is 13.2 Å². The molecule has 156 valence electrons. The van der Waals surface area contributed by atoms with Crippen molar-refractivity contribution in [3.63, 3.8) is 0 Å². The van der Waals surface area contributed by atoms with Crippen LogP contribution in [0.3, 0.4) is 0 Å². The van der Waals surface area contributed by atoms with E-state index < -0.39 is 11.7 Å². The van der Waals surface area contributed by atoms with Crippen LogP contribution in [0.15, 0.2) is 58.9 Å². The van der Waals surface area contributed by atoms with Crippen LogP contribution in [-0.2, 0) is 11.0 Å². The van der Waals surface area contributed by atoms with E-state index in [2.05, 4.69) is 20.5 Å². The Morgan fingerprint density at radius 2 is 1.90 bits per heavy atom. The van der Waals surface area contributed by atoms with Crippen LogP contribution in [0.25, 0.3) is 5.69 Å². The molecule has 30 heavy (non-hydrogen) atoms. The van der Waals surface area contributed by atoms with Gasteiger partial charge in [0.2, 0.25) is 0 Å². The quantitative estimate of drug-likeness (QED) is 0.274. The molecule has 1 aromatic carbocycles. The lowest BCUT2D eigenvalue weighted by atomic mass is 10.2. The van der Waals surface area contributed by atoms with Gasteiger partial charge in [0.25, 0.3) is 5.91 Å². The molecule has 0 bridgehead atoms. The van der Waals surface area contributed by atoms with Gasteiger partial charge in [0.05, 0.1) is 23.2 Å². The summed E-state index contributed by atoms with van der Waals surface area (Å²) in [5.41, 5.74) is 4.14. The van der Waals surface area contributed by atoms with Crippen molar-refractivity contribution in [1.29, 1.82) is 0 Å². The number of nitrogens with one attached hydrogen (secondary N) is 1. The minimum Gasteiger partial charge on any atom is -0.316 e. The Balaban J connectivity index is 1.63. The summed E-state index contributed by atoms with van der Waals surface area (Å²) in [6, 6.07) is 10.2. The summed E-state index contributed by atoms with van der Waals surface area (Å²) < 4.78 is 40.4. The van der Waals surface area contributed by atoms with Gasteiger partial charge >= 0.3 is 6.18 Å². The number of hydrazone groups is 1. The van der Waals surface area contributed by atoms with E-state index in [1.807, 2.05) is 19.9 Å². The molecular weight excluding hydrogens is 415 g/mol. The number of hydrogen-bond acceptors (Lipinski definition) is 5. The molecule has 0 atom stereocenters. The fourth-order valence-electron chi connectivity index (χ4n) is 2.66. The summed E-state index contributed by atoms with van der Waals surface area (Å²) in [6.45, 7) is 3.70. The van der Waals surface area contributed by atoms with Crippen molar-refractivity contribution in [2.24, 2.45) is 5.10 Å². The molecule has 0 saturated heterocycles. The van der Waals surface area contributed by atoms with Crippen LogP contribution in [0, 0.1) is 13.8 Å². The lowest BCUT2D eigenvalue weighted by Crippen LogP contribution is -2.20. The van der Waals surface area contributed by atoms with Crippen molar-refractivity contribution < 1.29 is 18.0 Å². The Bertz CT molecular complexity index is 1060. The van der Waals surface area contributed by atoms with Gasteiger partial charge < -0.3 is 4.57 Å². The zero-order chi connectivity index (χ0) is 21.7. The molecule has 10 heteroatoms. The highest BCUT2D eigenvalue weighted by Crippen LogP contribution is 2.30. The third-order valence-corrected chi connectivity index (χ3v) is 4.76. The summed E-state index contributed by atoms with van der Waals surface area (Å²) in [4.78, 5) is 20.5. The van der Waals surface area contributed by atoms with E-state index in [1.54, 1.807) is 29.0 Å². The van der Waals surface area contributed by atoms with E-state index in [0.717, 1.165) is 23.5 Å². The molecule has 2 heterocycles. The maximum atomic E-state index is 12.9. The van der Waals surface area contributed by atoms with Crippen molar-refractivity contribution in [3.8, 4) is 5.69 Å². The van der Waals surface area contributed by atoms with Crippen LogP contribution in [0.1, 0.15) is 22.6 Å². The number of rotatable bonds is 6. The van der Waals surface area contributed by atoms with Gasteiger partial charge in [-0.2, -0.15) is 18.3 Å². The summed E-state index contributed by atoms with van der Waals surface area (Å²) in [6.07, 6.45) is -1.44. The van der Waals surface area contributed by atoms with Crippen LogP contribution in [-0.4, -0.2) is 32.4 Å². The molecule has 3 rings (SSSR count). The van der Waals surface area contributed by atoms with E-state index in [9.17, 15) is 18.0 Å². The van der Waals surface area contributed by atoms with Crippen LogP contribution in [0.2, 0.25) is 0 Å². The Labute approximate surface area is 175 Å². The smallest absolute Gasteiger partial charge is 0.316 e. The molecular formula is C20H18F3N5OS. The summed E-state index contributed by atoms with van der Waals surface area (Å²) in [5.74, 6) is -0.273. The molecule has 0 unspecified atom stereocenters. The van der Waals surface area contributed by atoms with Gasteiger partial charge in [-0.3, -0.25) is 4.79 Å². The molecule has 0 fully saturated rings. The molecule has 1 N–H and O–H groups in total. The molecule has 0 spiro atoms. The lowest BCUT2D eigenvalue weighted by Gasteiger charge is -2.11. The van der Waals surface area contributed by atoms with E-state index in [4.69, 9.17) is 0 Å². The molecule has 1 amide bonds. The SMILES string of the molecule is Cc1cc(C)nc(SCC(=O)N/N=C\c2cccn2-c2cccc(C(F)(F)F)c2)n1. The second kappa shape index (κ2) is 9.12. The molecule has 2 aromatic heterocycles. The standard InChI is InChI=1S/C20H18F3N5OS/c1-13-9-14(2)26-19(25-13)30-12-18(29)27-24-11-17-7-4-8-28(17)16-6-3-5-15(10-16)20(21,22)23/h3-11H,12H2,1-2H3,(H,27,29)/b24-11-.